The molecular formula is C15H20BrNO4. The zero-order valence-electron chi connectivity index (χ0n) is 12.0. The van der Waals surface area contributed by atoms with Crippen molar-refractivity contribution in [2.45, 2.75) is 11.6 Å². The van der Waals surface area contributed by atoms with Crippen LogP contribution in [0.2, 0.25) is 0 Å². The molecule has 2 aliphatic rings. The molecule has 0 amide bonds. The Bertz CT molecular complexity index is 504. The van der Waals surface area contributed by atoms with E-state index in [1.807, 2.05) is 12.1 Å². The Morgan fingerprint density at radius 3 is 2.86 bits per heavy atom. The zero-order chi connectivity index (χ0) is 14.9. The molecule has 1 aromatic carbocycles. The molecule has 1 atom stereocenters. The Labute approximate surface area is 132 Å². The highest BCUT2D eigenvalue weighted by Crippen LogP contribution is 2.35. The molecule has 0 bridgehead atoms. The molecule has 0 unspecified atom stereocenters. The van der Waals surface area contributed by atoms with Crippen LogP contribution in [-0.4, -0.2) is 57.8 Å². The molecule has 116 valence electrons. The maximum Gasteiger partial charge on any atom is 0.136 e. The molecule has 0 aromatic heterocycles. The van der Waals surface area contributed by atoms with Crippen LogP contribution in [0.1, 0.15) is 5.56 Å². The van der Waals surface area contributed by atoms with Gasteiger partial charge in [-0.2, -0.15) is 0 Å². The van der Waals surface area contributed by atoms with Crippen molar-refractivity contribution in [2.24, 2.45) is 0 Å². The van der Waals surface area contributed by atoms with E-state index < -0.39 is 5.60 Å². The van der Waals surface area contributed by atoms with Crippen LogP contribution in [0.5, 0.6) is 0 Å². The molecule has 21 heavy (non-hydrogen) atoms. The molecule has 1 aromatic rings. The summed E-state index contributed by atoms with van der Waals surface area (Å²) in [7, 11) is 1.70. The van der Waals surface area contributed by atoms with Gasteiger partial charge >= 0.3 is 0 Å². The van der Waals surface area contributed by atoms with E-state index in [0.29, 0.717) is 33.0 Å². The molecule has 0 spiro atoms. The lowest BCUT2D eigenvalue weighted by Crippen LogP contribution is -2.49. The van der Waals surface area contributed by atoms with Gasteiger partial charge in [0.15, 0.2) is 0 Å². The van der Waals surface area contributed by atoms with Crippen molar-refractivity contribution in [2.75, 3.05) is 51.6 Å². The van der Waals surface area contributed by atoms with Crippen molar-refractivity contribution >= 4 is 21.6 Å². The standard InChI is InChI=1S/C15H20BrNO4/c1-19-7-14-8-20-3-2-17(14)13-5-11(4-12(16)6-13)15(18)9-21-10-15/h4-6,14,18H,2-3,7-10H2,1H3/t14-/m1/s1. The fourth-order valence-electron chi connectivity index (χ4n) is 2.80. The fraction of sp³-hybridized carbons (Fsp3) is 0.600. The molecule has 0 saturated carbocycles. The molecular weight excluding hydrogens is 338 g/mol. The lowest BCUT2D eigenvalue weighted by Gasteiger charge is -2.40. The average Bonchev–Trinajstić information content (AvgIpc) is 2.45. The second-order valence-corrected chi connectivity index (χ2v) is 6.52. The van der Waals surface area contributed by atoms with Crippen molar-refractivity contribution in [1.82, 2.24) is 0 Å². The molecule has 5 nitrogen and oxygen atoms in total. The van der Waals surface area contributed by atoms with Crippen molar-refractivity contribution in [1.29, 1.82) is 0 Å². The van der Waals surface area contributed by atoms with Crippen molar-refractivity contribution in [3.8, 4) is 0 Å². The maximum absolute atomic E-state index is 10.5. The van der Waals surface area contributed by atoms with E-state index >= 15 is 0 Å². The minimum Gasteiger partial charge on any atom is -0.382 e. The molecule has 1 N–H and O–H groups in total. The van der Waals surface area contributed by atoms with E-state index in [1.54, 1.807) is 7.11 Å². The Hall–Kier alpha value is -0.660. The van der Waals surface area contributed by atoms with Gasteiger partial charge in [-0.15, -0.1) is 0 Å². The quantitative estimate of drug-likeness (QED) is 0.885. The number of methoxy groups -OCH3 is 1. The van der Waals surface area contributed by atoms with Crippen molar-refractivity contribution in [3.63, 3.8) is 0 Å². The summed E-state index contributed by atoms with van der Waals surface area (Å²) in [6.07, 6.45) is 0. The van der Waals surface area contributed by atoms with Gasteiger partial charge in [0.1, 0.15) is 5.60 Å². The number of benzene rings is 1. The monoisotopic (exact) mass is 357 g/mol. The highest BCUT2D eigenvalue weighted by Gasteiger charge is 2.38. The molecule has 3 rings (SSSR count). The second-order valence-electron chi connectivity index (χ2n) is 5.60. The van der Waals surface area contributed by atoms with E-state index in [0.717, 1.165) is 22.3 Å². The van der Waals surface area contributed by atoms with E-state index in [2.05, 4.69) is 26.9 Å². The van der Waals surface area contributed by atoms with Crippen LogP contribution in [0.3, 0.4) is 0 Å². The molecule has 2 heterocycles. The van der Waals surface area contributed by atoms with Crippen LogP contribution >= 0.6 is 15.9 Å². The first kappa shape index (κ1) is 15.2. The smallest absolute Gasteiger partial charge is 0.136 e. The summed E-state index contributed by atoms with van der Waals surface area (Å²) in [5.74, 6) is 0. The molecule has 2 saturated heterocycles. The van der Waals surface area contributed by atoms with Crippen LogP contribution in [0.25, 0.3) is 0 Å². The highest BCUT2D eigenvalue weighted by atomic mass is 79.9. The number of ether oxygens (including phenoxy) is 3. The van der Waals surface area contributed by atoms with Gasteiger partial charge < -0.3 is 24.2 Å². The van der Waals surface area contributed by atoms with Crippen LogP contribution in [0.4, 0.5) is 5.69 Å². The number of hydrogen-bond donors (Lipinski definition) is 1. The van der Waals surface area contributed by atoms with Gasteiger partial charge in [-0.1, -0.05) is 15.9 Å². The second kappa shape index (κ2) is 6.22. The number of anilines is 1. The zero-order valence-corrected chi connectivity index (χ0v) is 13.6. The first-order chi connectivity index (χ1) is 10.1. The average molecular weight is 358 g/mol. The lowest BCUT2D eigenvalue weighted by molar-refractivity contribution is -0.184. The van der Waals surface area contributed by atoms with Gasteiger partial charge in [-0.05, 0) is 23.8 Å². The molecule has 2 fully saturated rings. The lowest BCUT2D eigenvalue weighted by atomic mass is 9.91. The SMILES string of the molecule is COC[C@@H]1COCCN1c1cc(Br)cc(C2(O)COC2)c1. The minimum absolute atomic E-state index is 0.193. The number of aliphatic hydroxyl groups is 1. The summed E-state index contributed by atoms with van der Waals surface area (Å²) in [5.41, 5.74) is 1.10. The van der Waals surface area contributed by atoms with Crippen molar-refractivity contribution < 1.29 is 19.3 Å². The maximum atomic E-state index is 10.5. The van der Waals surface area contributed by atoms with E-state index in [9.17, 15) is 5.11 Å². The summed E-state index contributed by atoms with van der Waals surface area (Å²) in [6.45, 7) is 3.51. The number of morpholine rings is 1. The Kier molecular flexibility index (Phi) is 4.51. The summed E-state index contributed by atoms with van der Waals surface area (Å²) in [5, 5.41) is 10.5. The highest BCUT2D eigenvalue weighted by molar-refractivity contribution is 9.10. The number of rotatable bonds is 4. The third kappa shape index (κ3) is 3.10. The van der Waals surface area contributed by atoms with E-state index in [1.165, 1.54) is 0 Å². The number of hydrogen-bond acceptors (Lipinski definition) is 5. The third-order valence-corrected chi connectivity index (χ3v) is 4.48. The Morgan fingerprint density at radius 1 is 1.38 bits per heavy atom. The minimum atomic E-state index is -0.860. The predicted octanol–water partition coefficient (Wildman–Crippen LogP) is 1.52. The number of nitrogens with zero attached hydrogens (tertiary/aromatic N) is 1. The first-order valence-corrected chi connectivity index (χ1v) is 7.86. The van der Waals surface area contributed by atoms with Gasteiger partial charge in [-0.3, -0.25) is 0 Å². The normalized spacial score (nSPS) is 24.7. The fourth-order valence-corrected chi connectivity index (χ4v) is 3.28. The third-order valence-electron chi connectivity index (χ3n) is 4.02. The van der Waals surface area contributed by atoms with Crippen LogP contribution < -0.4 is 4.90 Å². The largest absolute Gasteiger partial charge is 0.382 e. The Balaban J connectivity index is 1.89. The Morgan fingerprint density at radius 2 is 2.19 bits per heavy atom. The molecule has 2 aliphatic heterocycles. The summed E-state index contributed by atoms with van der Waals surface area (Å²) in [4.78, 5) is 2.28. The van der Waals surface area contributed by atoms with Crippen molar-refractivity contribution in [3.05, 3.63) is 28.2 Å². The molecule has 0 radical (unpaired) electrons. The van der Waals surface area contributed by atoms with E-state index in [4.69, 9.17) is 14.2 Å². The van der Waals surface area contributed by atoms with Gasteiger partial charge in [0.2, 0.25) is 0 Å². The summed E-state index contributed by atoms with van der Waals surface area (Å²) >= 11 is 3.54. The van der Waals surface area contributed by atoms with E-state index in [-0.39, 0.29) is 6.04 Å². The topological polar surface area (TPSA) is 51.2 Å². The summed E-state index contributed by atoms with van der Waals surface area (Å²) in [6, 6.07) is 6.26. The van der Waals surface area contributed by atoms with Crippen LogP contribution in [0, 0.1) is 0 Å². The van der Waals surface area contributed by atoms with Gasteiger partial charge in [0.25, 0.3) is 0 Å². The molecule has 6 heteroatoms. The summed E-state index contributed by atoms with van der Waals surface area (Å²) < 4.78 is 16.9. The van der Waals surface area contributed by atoms with Gasteiger partial charge in [-0.25, -0.2) is 0 Å². The van der Waals surface area contributed by atoms with Gasteiger partial charge in [0.05, 0.1) is 39.1 Å². The van der Waals surface area contributed by atoms with Gasteiger partial charge in [0, 0.05) is 23.8 Å². The predicted molar refractivity (Wildman–Crippen MR) is 82.7 cm³/mol. The van der Waals surface area contributed by atoms with Crippen LogP contribution in [0.15, 0.2) is 22.7 Å². The van der Waals surface area contributed by atoms with Crippen LogP contribution in [-0.2, 0) is 19.8 Å². The number of halogens is 1. The first-order valence-electron chi connectivity index (χ1n) is 7.07. The molecule has 0 aliphatic carbocycles.